The van der Waals surface area contributed by atoms with Gasteiger partial charge < -0.3 is 4.90 Å². The van der Waals surface area contributed by atoms with Crippen molar-refractivity contribution < 1.29 is 0 Å². The molecule has 0 bridgehead atoms. The molecular weight excluding hydrogens is 212 g/mol. The summed E-state index contributed by atoms with van der Waals surface area (Å²) in [7, 11) is 3.97. The fraction of sp³-hybridized carbons (Fsp3) is 0.214. The van der Waals surface area contributed by atoms with Crippen molar-refractivity contribution in [1.29, 1.82) is 0 Å². The maximum Gasteiger partial charge on any atom is 0.257 e. The molecule has 0 fully saturated rings. The summed E-state index contributed by atoms with van der Waals surface area (Å²) >= 11 is 0. The molecule has 2 rings (SSSR count). The SMILES string of the molecule is Cc1cccn(-c2cccc(N(C)C)c2)c1=O. The molecular formula is C14H16N2O. The summed E-state index contributed by atoms with van der Waals surface area (Å²) in [5.41, 5.74) is 2.76. The highest BCUT2D eigenvalue weighted by molar-refractivity contribution is 5.52. The van der Waals surface area contributed by atoms with E-state index in [1.165, 1.54) is 0 Å². The van der Waals surface area contributed by atoms with Crippen molar-refractivity contribution in [2.75, 3.05) is 19.0 Å². The van der Waals surface area contributed by atoms with Gasteiger partial charge in [-0.3, -0.25) is 9.36 Å². The van der Waals surface area contributed by atoms with Gasteiger partial charge in [0.15, 0.2) is 0 Å². The van der Waals surface area contributed by atoms with Crippen molar-refractivity contribution in [3.8, 4) is 5.69 Å². The van der Waals surface area contributed by atoms with Gasteiger partial charge in [-0.15, -0.1) is 0 Å². The lowest BCUT2D eigenvalue weighted by Crippen LogP contribution is -2.19. The van der Waals surface area contributed by atoms with Crippen LogP contribution in [-0.4, -0.2) is 18.7 Å². The summed E-state index contributed by atoms with van der Waals surface area (Å²) in [5.74, 6) is 0. The first kappa shape index (κ1) is 11.5. The van der Waals surface area contributed by atoms with Gasteiger partial charge in [-0.25, -0.2) is 0 Å². The lowest BCUT2D eigenvalue weighted by Gasteiger charge is -2.14. The number of aryl methyl sites for hydroxylation is 1. The molecule has 2 aromatic rings. The molecule has 0 amide bonds. The number of hydrogen-bond acceptors (Lipinski definition) is 2. The van der Waals surface area contributed by atoms with Crippen LogP contribution in [0.15, 0.2) is 47.4 Å². The maximum absolute atomic E-state index is 12.0. The fourth-order valence-corrected chi connectivity index (χ4v) is 1.73. The van der Waals surface area contributed by atoms with Gasteiger partial charge in [-0.1, -0.05) is 12.1 Å². The minimum Gasteiger partial charge on any atom is -0.378 e. The van der Waals surface area contributed by atoms with E-state index in [2.05, 4.69) is 0 Å². The van der Waals surface area contributed by atoms with E-state index in [0.29, 0.717) is 0 Å². The van der Waals surface area contributed by atoms with Gasteiger partial charge in [0.2, 0.25) is 0 Å². The first-order valence-corrected chi connectivity index (χ1v) is 5.55. The average molecular weight is 228 g/mol. The van der Waals surface area contributed by atoms with Crippen molar-refractivity contribution in [1.82, 2.24) is 4.57 Å². The summed E-state index contributed by atoms with van der Waals surface area (Å²) < 4.78 is 1.67. The molecule has 0 spiro atoms. The first-order valence-electron chi connectivity index (χ1n) is 5.55. The van der Waals surface area contributed by atoms with Gasteiger partial charge in [0, 0.05) is 31.5 Å². The third-order valence-corrected chi connectivity index (χ3v) is 2.76. The molecule has 0 aliphatic rings. The summed E-state index contributed by atoms with van der Waals surface area (Å²) in [5, 5.41) is 0. The van der Waals surface area contributed by atoms with Crippen LogP contribution in [0, 0.1) is 6.92 Å². The van der Waals surface area contributed by atoms with E-state index in [1.54, 1.807) is 10.8 Å². The summed E-state index contributed by atoms with van der Waals surface area (Å²) in [6.07, 6.45) is 1.80. The van der Waals surface area contributed by atoms with E-state index in [1.807, 2.05) is 62.3 Å². The van der Waals surface area contributed by atoms with Crippen LogP contribution in [0.4, 0.5) is 5.69 Å². The van der Waals surface area contributed by atoms with Crippen LogP contribution < -0.4 is 10.5 Å². The molecule has 1 aromatic heterocycles. The molecule has 88 valence electrons. The first-order chi connectivity index (χ1) is 8.09. The minimum atomic E-state index is 0.0309. The van der Waals surface area contributed by atoms with Crippen LogP contribution >= 0.6 is 0 Å². The number of pyridine rings is 1. The van der Waals surface area contributed by atoms with E-state index < -0.39 is 0 Å². The largest absolute Gasteiger partial charge is 0.378 e. The van der Waals surface area contributed by atoms with Crippen molar-refractivity contribution >= 4 is 5.69 Å². The van der Waals surface area contributed by atoms with E-state index in [0.717, 1.165) is 16.9 Å². The number of anilines is 1. The minimum absolute atomic E-state index is 0.0309. The van der Waals surface area contributed by atoms with Crippen LogP contribution in [0.25, 0.3) is 5.69 Å². The topological polar surface area (TPSA) is 25.2 Å². The molecule has 3 heteroatoms. The molecule has 0 aliphatic heterocycles. The normalized spacial score (nSPS) is 10.3. The standard InChI is InChI=1S/C14H16N2O/c1-11-6-5-9-16(14(11)17)13-8-4-7-12(10-13)15(2)3/h4-10H,1-3H3. The lowest BCUT2D eigenvalue weighted by molar-refractivity contribution is 0.967. The second kappa shape index (κ2) is 4.45. The third kappa shape index (κ3) is 2.23. The van der Waals surface area contributed by atoms with Gasteiger partial charge in [-0.05, 0) is 31.2 Å². The molecule has 1 aromatic carbocycles. The van der Waals surface area contributed by atoms with Gasteiger partial charge in [0.25, 0.3) is 5.56 Å². The Morgan fingerprint density at radius 1 is 1.12 bits per heavy atom. The predicted octanol–water partition coefficient (Wildman–Crippen LogP) is 2.21. The monoisotopic (exact) mass is 228 g/mol. The molecule has 3 nitrogen and oxygen atoms in total. The van der Waals surface area contributed by atoms with E-state index >= 15 is 0 Å². The van der Waals surface area contributed by atoms with Crippen LogP contribution in [0.2, 0.25) is 0 Å². The molecule has 1 heterocycles. The van der Waals surface area contributed by atoms with Crippen molar-refractivity contribution in [3.63, 3.8) is 0 Å². The van der Waals surface area contributed by atoms with Crippen LogP contribution in [0.1, 0.15) is 5.56 Å². The molecule has 0 saturated carbocycles. The Morgan fingerprint density at radius 2 is 1.88 bits per heavy atom. The Bertz CT molecular complexity index is 585. The summed E-state index contributed by atoms with van der Waals surface area (Å²) in [6.45, 7) is 1.83. The molecule has 0 atom stereocenters. The van der Waals surface area contributed by atoms with Crippen LogP contribution in [0.5, 0.6) is 0 Å². The highest BCUT2D eigenvalue weighted by atomic mass is 16.1. The highest BCUT2D eigenvalue weighted by Gasteiger charge is 2.03. The maximum atomic E-state index is 12.0. The second-order valence-electron chi connectivity index (χ2n) is 4.28. The highest BCUT2D eigenvalue weighted by Crippen LogP contribution is 2.15. The Balaban J connectivity index is 2.57. The Morgan fingerprint density at radius 3 is 2.59 bits per heavy atom. The molecule has 17 heavy (non-hydrogen) atoms. The zero-order valence-electron chi connectivity index (χ0n) is 10.3. The average Bonchev–Trinajstić information content (AvgIpc) is 2.33. The molecule has 0 aliphatic carbocycles. The fourth-order valence-electron chi connectivity index (χ4n) is 1.73. The molecule has 0 N–H and O–H groups in total. The third-order valence-electron chi connectivity index (χ3n) is 2.76. The Kier molecular flexibility index (Phi) is 3.00. The predicted molar refractivity (Wildman–Crippen MR) is 71.1 cm³/mol. The lowest BCUT2D eigenvalue weighted by atomic mass is 10.2. The molecule has 0 saturated heterocycles. The second-order valence-corrected chi connectivity index (χ2v) is 4.28. The number of aromatic nitrogens is 1. The van der Waals surface area contributed by atoms with Gasteiger partial charge in [-0.2, -0.15) is 0 Å². The van der Waals surface area contributed by atoms with Gasteiger partial charge >= 0.3 is 0 Å². The van der Waals surface area contributed by atoms with Crippen LogP contribution in [0.3, 0.4) is 0 Å². The summed E-state index contributed by atoms with van der Waals surface area (Å²) in [6, 6.07) is 11.6. The van der Waals surface area contributed by atoms with Crippen LogP contribution in [-0.2, 0) is 0 Å². The zero-order valence-corrected chi connectivity index (χ0v) is 10.3. The quantitative estimate of drug-likeness (QED) is 0.787. The van der Waals surface area contributed by atoms with E-state index in [4.69, 9.17) is 0 Å². The van der Waals surface area contributed by atoms with Gasteiger partial charge in [0.05, 0.1) is 5.69 Å². The van der Waals surface area contributed by atoms with E-state index in [-0.39, 0.29) is 5.56 Å². The van der Waals surface area contributed by atoms with E-state index in [9.17, 15) is 4.79 Å². The van der Waals surface area contributed by atoms with Crippen molar-refractivity contribution in [2.45, 2.75) is 6.92 Å². The molecule has 0 unspecified atom stereocenters. The number of hydrogen-bond donors (Lipinski definition) is 0. The van der Waals surface area contributed by atoms with Crippen molar-refractivity contribution in [3.05, 3.63) is 58.5 Å². The Hall–Kier alpha value is -2.03. The summed E-state index contributed by atoms with van der Waals surface area (Å²) in [4.78, 5) is 14.0. The number of benzene rings is 1. The number of rotatable bonds is 2. The van der Waals surface area contributed by atoms with Gasteiger partial charge in [0.1, 0.15) is 0 Å². The molecule has 0 radical (unpaired) electrons. The smallest absolute Gasteiger partial charge is 0.257 e. The zero-order chi connectivity index (χ0) is 12.4. The number of nitrogens with zero attached hydrogens (tertiary/aromatic N) is 2. The Labute approximate surface area is 101 Å². The van der Waals surface area contributed by atoms with Crippen molar-refractivity contribution in [2.24, 2.45) is 0 Å².